The molecule has 100 valence electrons. The summed E-state index contributed by atoms with van der Waals surface area (Å²) in [6.07, 6.45) is 1.61. The summed E-state index contributed by atoms with van der Waals surface area (Å²) in [7, 11) is 1.64. The maximum atomic E-state index is 11.1. The molecule has 0 aliphatic carbocycles. The highest BCUT2D eigenvalue weighted by Crippen LogP contribution is 2.34. The lowest BCUT2D eigenvalue weighted by Crippen LogP contribution is -2.26. The first-order chi connectivity index (χ1) is 9.20. The van der Waals surface area contributed by atoms with E-state index in [1.807, 2.05) is 54.6 Å². The molecule has 2 aromatic carbocycles. The van der Waals surface area contributed by atoms with Crippen molar-refractivity contribution in [3.63, 3.8) is 0 Å². The molecule has 2 aromatic rings. The predicted octanol–water partition coefficient (Wildman–Crippen LogP) is 3.73. The molecule has 2 heteroatoms. The molecule has 0 amide bonds. The summed E-state index contributed by atoms with van der Waals surface area (Å²) in [6.45, 7) is 2.08. The van der Waals surface area contributed by atoms with Crippen LogP contribution in [0.5, 0.6) is 5.75 Å². The van der Waals surface area contributed by atoms with Crippen LogP contribution in [0, 0.1) is 0 Å². The molecule has 0 heterocycles. The lowest BCUT2D eigenvalue weighted by molar-refractivity contribution is 0.0701. The fraction of sp³-hybridized carbons (Fsp3) is 0.294. The van der Waals surface area contributed by atoms with Gasteiger partial charge in [-0.15, -0.1) is 0 Å². The Kier molecular flexibility index (Phi) is 4.23. The van der Waals surface area contributed by atoms with Gasteiger partial charge in [-0.3, -0.25) is 0 Å². The molecule has 1 N–H and O–H groups in total. The average Bonchev–Trinajstić information content (AvgIpc) is 2.48. The van der Waals surface area contributed by atoms with Gasteiger partial charge in [0, 0.05) is 0 Å². The van der Waals surface area contributed by atoms with Crippen molar-refractivity contribution in [1.29, 1.82) is 0 Å². The summed E-state index contributed by atoms with van der Waals surface area (Å²) in [4.78, 5) is 0. The van der Waals surface area contributed by atoms with Gasteiger partial charge in [-0.05, 0) is 29.7 Å². The van der Waals surface area contributed by atoms with Gasteiger partial charge in [-0.25, -0.2) is 0 Å². The van der Waals surface area contributed by atoms with E-state index in [-0.39, 0.29) is 0 Å². The van der Waals surface area contributed by atoms with Crippen LogP contribution < -0.4 is 4.74 Å². The maximum Gasteiger partial charge on any atom is 0.118 e. The van der Waals surface area contributed by atoms with Crippen molar-refractivity contribution in [2.75, 3.05) is 7.11 Å². The van der Waals surface area contributed by atoms with Crippen molar-refractivity contribution in [3.05, 3.63) is 65.7 Å². The van der Waals surface area contributed by atoms with Gasteiger partial charge in [0.25, 0.3) is 0 Å². The Labute approximate surface area is 114 Å². The van der Waals surface area contributed by atoms with Crippen LogP contribution in [0.4, 0.5) is 0 Å². The Morgan fingerprint density at radius 3 is 2.05 bits per heavy atom. The fourth-order valence-corrected chi connectivity index (χ4v) is 2.40. The standard InChI is InChI=1S/C17H20O2/c1-3-13-17(18,14-7-5-4-6-8-14)15-9-11-16(19-2)12-10-15/h4-12,18H,3,13H2,1-2H3/t17-/m1/s1. The number of rotatable bonds is 5. The molecule has 0 aliphatic rings. The van der Waals surface area contributed by atoms with E-state index in [1.54, 1.807) is 7.11 Å². The van der Waals surface area contributed by atoms with E-state index in [0.29, 0.717) is 6.42 Å². The quantitative estimate of drug-likeness (QED) is 0.883. The first-order valence-electron chi connectivity index (χ1n) is 6.63. The SMILES string of the molecule is CCC[C@@](O)(c1ccccc1)c1ccc(OC)cc1. The zero-order chi connectivity index (χ0) is 13.7. The Hall–Kier alpha value is -1.80. The number of ether oxygens (including phenoxy) is 1. The highest BCUT2D eigenvalue weighted by molar-refractivity contribution is 5.38. The summed E-state index contributed by atoms with van der Waals surface area (Å²) >= 11 is 0. The fourth-order valence-electron chi connectivity index (χ4n) is 2.40. The van der Waals surface area contributed by atoms with Crippen molar-refractivity contribution in [3.8, 4) is 5.75 Å². The van der Waals surface area contributed by atoms with Crippen LogP contribution in [0.1, 0.15) is 30.9 Å². The van der Waals surface area contributed by atoms with E-state index in [2.05, 4.69) is 6.92 Å². The van der Waals surface area contributed by atoms with Crippen molar-refractivity contribution in [2.24, 2.45) is 0 Å². The van der Waals surface area contributed by atoms with Crippen molar-refractivity contribution in [1.82, 2.24) is 0 Å². The van der Waals surface area contributed by atoms with Crippen LogP contribution >= 0.6 is 0 Å². The monoisotopic (exact) mass is 256 g/mol. The van der Waals surface area contributed by atoms with Gasteiger partial charge < -0.3 is 9.84 Å². The minimum Gasteiger partial charge on any atom is -0.497 e. The molecule has 0 aromatic heterocycles. The highest BCUT2D eigenvalue weighted by Gasteiger charge is 2.30. The summed E-state index contributed by atoms with van der Waals surface area (Å²) in [6, 6.07) is 17.5. The highest BCUT2D eigenvalue weighted by atomic mass is 16.5. The molecule has 0 radical (unpaired) electrons. The second-order valence-corrected chi connectivity index (χ2v) is 4.70. The smallest absolute Gasteiger partial charge is 0.118 e. The Morgan fingerprint density at radius 1 is 0.947 bits per heavy atom. The van der Waals surface area contributed by atoms with Crippen molar-refractivity contribution < 1.29 is 9.84 Å². The van der Waals surface area contributed by atoms with Gasteiger partial charge in [0.1, 0.15) is 11.4 Å². The molecule has 2 nitrogen and oxygen atoms in total. The van der Waals surface area contributed by atoms with Crippen molar-refractivity contribution in [2.45, 2.75) is 25.4 Å². The molecule has 0 unspecified atom stereocenters. The first-order valence-corrected chi connectivity index (χ1v) is 6.63. The van der Waals surface area contributed by atoms with Crippen LogP contribution in [0.3, 0.4) is 0 Å². The molecule has 0 fully saturated rings. The van der Waals surface area contributed by atoms with Crippen molar-refractivity contribution >= 4 is 0 Å². The Morgan fingerprint density at radius 2 is 1.53 bits per heavy atom. The minimum atomic E-state index is -0.928. The number of methoxy groups -OCH3 is 1. The van der Waals surface area contributed by atoms with Gasteiger partial charge in [0.05, 0.1) is 7.11 Å². The molecule has 0 aliphatic heterocycles. The van der Waals surface area contributed by atoms with E-state index >= 15 is 0 Å². The number of benzene rings is 2. The summed E-state index contributed by atoms with van der Waals surface area (Å²) in [5.74, 6) is 0.802. The van der Waals surface area contributed by atoms with E-state index in [1.165, 1.54) is 0 Å². The summed E-state index contributed by atoms with van der Waals surface area (Å²) in [5, 5.41) is 11.1. The van der Waals surface area contributed by atoms with Gasteiger partial charge in [-0.1, -0.05) is 55.8 Å². The number of aliphatic hydroxyl groups is 1. The normalized spacial score (nSPS) is 13.8. The third-order valence-electron chi connectivity index (χ3n) is 3.43. The lowest BCUT2D eigenvalue weighted by atomic mass is 9.83. The molecule has 0 saturated carbocycles. The maximum absolute atomic E-state index is 11.1. The summed E-state index contributed by atoms with van der Waals surface area (Å²) < 4.78 is 5.17. The van der Waals surface area contributed by atoms with Gasteiger partial charge in [0.15, 0.2) is 0 Å². The number of hydrogen-bond donors (Lipinski definition) is 1. The molecule has 0 spiro atoms. The molecule has 1 atom stereocenters. The second kappa shape index (κ2) is 5.89. The van der Waals surface area contributed by atoms with Crippen LogP contribution in [0.2, 0.25) is 0 Å². The summed E-state index contributed by atoms with van der Waals surface area (Å²) in [5.41, 5.74) is 0.908. The van der Waals surface area contributed by atoms with Crippen LogP contribution in [-0.2, 0) is 5.60 Å². The van der Waals surface area contributed by atoms with Crippen LogP contribution in [0.15, 0.2) is 54.6 Å². The Bertz CT molecular complexity index is 505. The molecular weight excluding hydrogens is 236 g/mol. The predicted molar refractivity (Wildman–Crippen MR) is 77.3 cm³/mol. The molecular formula is C17H20O2. The third-order valence-corrected chi connectivity index (χ3v) is 3.43. The van der Waals surface area contributed by atoms with Gasteiger partial charge in [0.2, 0.25) is 0 Å². The molecule has 0 bridgehead atoms. The van der Waals surface area contributed by atoms with E-state index in [4.69, 9.17) is 4.74 Å². The number of hydrogen-bond acceptors (Lipinski definition) is 2. The zero-order valence-electron chi connectivity index (χ0n) is 11.5. The second-order valence-electron chi connectivity index (χ2n) is 4.70. The van der Waals surface area contributed by atoms with Gasteiger partial charge in [-0.2, -0.15) is 0 Å². The first kappa shape index (κ1) is 13.6. The minimum absolute atomic E-state index is 0.698. The third kappa shape index (κ3) is 2.79. The van der Waals surface area contributed by atoms with E-state index < -0.39 is 5.60 Å². The van der Waals surface area contributed by atoms with Gasteiger partial charge >= 0.3 is 0 Å². The van der Waals surface area contributed by atoms with Crippen LogP contribution in [0.25, 0.3) is 0 Å². The Balaban J connectivity index is 2.43. The lowest BCUT2D eigenvalue weighted by Gasteiger charge is -2.29. The zero-order valence-corrected chi connectivity index (χ0v) is 11.5. The average molecular weight is 256 g/mol. The topological polar surface area (TPSA) is 29.5 Å². The van der Waals surface area contributed by atoms with Crippen LogP contribution in [-0.4, -0.2) is 12.2 Å². The van der Waals surface area contributed by atoms with E-state index in [9.17, 15) is 5.11 Å². The molecule has 2 rings (SSSR count). The largest absolute Gasteiger partial charge is 0.497 e. The van der Waals surface area contributed by atoms with E-state index in [0.717, 1.165) is 23.3 Å². The molecule has 19 heavy (non-hydrogen) atoms. The molecule has 0 saturated heterocycles.